The molecule has 2 heterocycles. The van der Waals surface area contributed by atoms with Crippen LogP contribution in [0.1, 0.15) is 56.4 Å². The van der Waals surface area contributed by atoms with Crippen molar-refractivity contribution in [2.75, 3.05) is 25.0 Å². The maximum Gasteiger partial charge on any atom is 0.275 e. The molecule has 0 bridgehead atoms. The molecule has 8 heteroatoms. The van der Waals surface area contributed by atoms with Crippen molar-refractivity contribution in [1.82, 2.24) is 20.2 Å². The zero-order valence-corrected chi connectivity index (χ0v) is 16.9. The van der Waals surface area contributed by atoms with Gasteiger partial charge in [-0.25, -0.2) is 9.97 Å². The summed E-state index contributed by atoms with van der Waals surface area (Å²) >= 11 is 3.42. The molecule has 3 rings (SSSR count). The summed E-state index contributed by atoms with van der Waals surface area (Å²) in [5, 5.41) is 6.13. The van der Waals surface area contributed by atoms with E-state index in [4.69, 9.17) is 0 Å². The van der Waals surface area contributed by atoms with Crippen LogP contribution in [0.2, 0.25) is 0 Å². The van der Waals surface area contributed by atoms with Gasteiger partial charge in [0.1, 0.15) is 15.8 Å². The first-order valence-corrected chi connectivity index (χ1v) is 10.1. The molecule has 2 amide bonds. The molecule has 0 unspecified atom stereocenters. The Labute approximate surface area is 162 Å². The first kappa shape index (κ1) is 19.1. The van der Waals surface area contributed by atoms with Crippen molar-refractivity contribution < 1.29 is 9.59 Å². The van der Waals surface area contributed by atoms with Gasteiger partial charge in [0, 0.05) is 19.6 Å². The quantitative estimate of drug-likeness (QED) is 0.776. The van der Waals surface area contributed by atoms with Gasteiger partial charge in [-0.3, -0.25) is 9.59 Å². The molecular formula is C18H26BrN5O2. The van der Waals surface area contributed by atoms with Gasteiger partial charge in [0.05, 0.1) is 6.20 Å². The molecule has 2 fully saturated rings. The number of aromatic nitrogens is 2. The monoisotopic (exact) mass is 423 g/mol. The van der Waals surface area contributed by atoms with Gasteiger partial charge < -0.3 is 15.5 Å². The number of piperazine rings is 1. The summed E-state index contributed by atoms with van der Waals surface area (Å²) in [5.41, 5.74) is -0.663. The zero-order chi connectivity index (χ0) is 18.7. The number of halogens is 1. The fraction of sp³-hybridized carbons (Fsp3) is 0.667. The largest absolute Gasteiger partial charge is 0.368 e. The van der Waals surface area contributed by atoms with E-state index in [0.29, 0.717) is 29.4 Å². The third-order valence-corrected chi connectivity index (χ3v) is 5.88. The predicted molar refractivity (Wildman–Crippen MR) is 103 cm³/mol. The van der Waals surface area contributed by atoms with E-state index in [0.717, 1.165) is 6.54 Å². The molecule has 0 aromatic carbocycles. The smallest absolute Gasteiger partial charge is 0.275 e. The number of hydrogen-bond acceptors (Lipinski definition) is 5. The van der Waals surface area contributed by atoms with E-state index < -0.39 is 5.54 Å². The van der Waals surface area contributed by atoms with Gasteiger partial charge in [-0.15, -0.1) is 0 Å². The van der Waals surface area contributed by atoms with E-state index in [9.17, 15) is 9.59 Å². The van der Waals surface area contributed by atoms with Crippen LogP contribution in [0.5, 0.6) is 0 Å². The second-order valence-corrected chi connectivity index (χ2v) is 8.30. The van der Waals surface area contributed by atoms with Crippen LogP contribution >= 0.6 is 15.9 Å². The molecule has 1 saturated carbocycles. The van der Waals surface area contributed by atoms with Crippen LogP contribution < -0.4 is 10.6 Å². The maximum absolute atomic E-state index is 12.8. The second kappa shape index (κ2) is 7.90. The highest BCUT2D eigenvalue weighted by Gasteiger charge is 2.41. The van der Waals surface area contributed by atoms with Crippen LogP contribution in [-0.2, 0) is 4.79 Å². The van der Waals surface area contributed by atoms with Gasteiger partial charge in [-0.05, 0) is 48.5 Å². The molecule has 26 heavy (non-hydrogen) atoms. The number of nitrogens with zero attached hydrogens (tertiary/aromatic N) is 3. The molecule has 142 valence electrons. The molecule has 2 aliphatic rings. The summed E-state index contributed by atoms with van der Waals surface area (Å²) in [4.78, 5) is 35.2. The minimum absolute atomic E-state index is 0.158. The minimum atomic E-state index is -0.901. The minimum Gasteiger partial charge on any atom is -0.368 e. The topological polar surface area (TPSA) is 87.2 Å². The lowest BCUT2D eigenvalue weighted by atomic mass is 9.89. The molecule has 0 spiro atoms. The highest BCUT2D eigenvalue weighted by molar-refractivity contribution is 9.10. The number of amides is 2. The summed E-state index contributed by atoms with van der Waals surface area (Å²) in [6.45, 7) is 5.26. The van der Waals surface area contributed by atoms with Gasteiger partial charge in [-0.2, -0.15) is 0 Å². The Kier molecular flexibility index (Phi) is 5.79. The molecule has 1 aliphatic heterocycles. The van der Waals surface area contributed by atoms with Crippen LogP contribution in [-0.4, -0.2) is 51.9 Å². The predicted octanol–water partition coefficient (Wildman–Crippen LogP) is 2.58. The molecular weight excluding hydrogens is 398 g/mol. The van der Waals surface area contributed by atoms with Gasteiger partial charge in [0.15, 0.2) is 5.82 Å². The molecule has 1 aromatic heterocycles. The van der Waals surface area contributed by atoms with E-state index in [1.165, 1.54) is 38.3 Å². The molecule has 1 aromatic rings. The highest BCUT2D eigenvalue weighted by Crippen LogP contribution is 2.26. The lowest BCUT2D eigenvalue weighted by Crippen LogP contribution is -2.63. The molecule has 7 nitrogen and oxygen atoms in total. The van der Waals surface area contributed by atoms with E-state index in [1.54, 1.807) is 18.7 Å². The van der Waals surface area contributed by atoms with Crippen molar-refractivity contribution in [2.45, 2.75) is 51.5 Å². The Morgan fingerprint density at radius 2 is 2.12 bits per heavy atom. The van der Waals surface area contributed by atoms with E-state index in [-0.39, 0.29) is 17.5 Å². The normalized spacial score (nSPS) is 20.6. The van der Waals surface area contributed by atoms with Crippen molar-refractivity contribution in [3.8, 4) is 0 Å². The number of anilines is 1. The summed E-state index contributed by atoms with van der Waals surface area (Å²) < 4.78 is 0.526. The van der Waals surface area contributed by atoms with Gasteiger partial charge in [-0.1, -0.05) is 19.3 Å². The van der Waals surface area contributed by atoms with Crippen molar-refractivity contribution >= 4 is 33.6 Å². The van der Waals surface area contributed by atoms with Gasteiger partial charge in [0.25, 0.3) is 5.91 Å². The molecule has 1 aliphatic carbocycles. The highest BCUT2D eigenvalue weighted by atomic mass is 79.9. The average Bonchev–Trinajstić information content (AvgIpc) is 2.63. The summed E-state index contributed by atoms with van der Waals surface area (Å²) in [6, 6.07) is 0. The number of carbonyl (C=O) groups is 2. The number of rotatable bonds is 4. The van der Waals surface area contributed by atoms with E-state index in [2.05, 4.69) is 36.5 Å². The molecule has 1 saturated heterocycles. The van der Waals surface area contributed by atoms with Crippen LogP contribution in [0.25, 0.3) is 0 Å². The van der Waals surface area contributed by atoms with Crippen LogP contribution in [0.4, 0.5) is 5.82 Å². The van der Waals surface area contributed by atoms with E-state index in [1.807, 2.05) is 0 Å². The van der Waals surface area contributed by atoms with E-state index >= 15 is 0 Å². The van der Waals surface area contributed by atoms with Crippen molar-refractivity contribution in [2.24, 2.45) is 5.92 Å². The summed E-state index contributed by atoms with van der Waals surface area (Å²) in [7, 11) is 0. The van der Waals surface area contributed by atoms with Gasteiger partial charge in [0.2, 0.25) is 5.91 Å². The summed E-state index contributed by atoms with van der Waals surface area (Å²) in [5.74, 6) is 0.890. The first-order valence-electron chi connectivity index (χ1n) is 9.26. The van der Waals surface area contributed by atoms with Crippen LogP contribution in [0.15, 0.2) is 10.8 Å². The Hall–Kier alpha value is -1.70. The van der Waals surface area contributed by atoms with Gasteiger partial charge >= 0.3 is 0 Å². The zero-order valence-electron chi connectivity index (χ0n) is 15.3. The lowest BCUT2D eigenvalue weighted by Gasteiger charge is -2.40. The first-order chi connectivity index (χ1) is 12.4. The third kappa shape index (κ3) is 4.00. The Morgan fingerprint density at radius 3 is 2.81 bits per heavy atom. The fourth-order valence-corrected chi connectivity index (χ4v) is 4.05. The van der Waals surface area contributed by atoms with Crippen molar-refractivity contribution in [3.63, 3.8) is 0 Å². The second-order valence-electron chi connectivity index (χ2n) is 7.55. The number of hydrogen-bond donors (Lipinski definition) is 2. The average molecular weight is 424 g/mol. The van der Waals surface area contributed by atoms with Crippen molar-refractivity contribution in [3.05, 3.63) is 16.5 Å². The molecule has 2 N–H and O–H groups in total. The number of carbonyl (C=O) groups excluding carboxylic acids is 2. The van der Waals surface area contributed by atoms with Crippen LogP contribution in [0, 0.1) is 5.92 Å². The molecule has 0 radical (unpaired) electrons. The Morgan fingerprint density at radius 1 is 1.38 bits per heavy atom. The number of nitrogens with one attached hydrogen (secondary N) is 2. The maximum atomic E-state index is 12.8. The fourth-order valence-electron chi connectivity index (χ4n) is 3.61. The standard InChI is InChI=1S/C18H26BrN5O2/c1-18(2)17(26)20-8-9-24(18)16(25)13-11-22-15(14(19)23-13)21-10-12-6-4-3-5-7-12/h11-12H,3-10H2,1-2H3,(H,20,26)(H,21,22). The van der Waals surface area contributed by atoms with Crippen LogP contribution in [0.3, 0.4) is 0 Å². The third-order valence-electron chi connectivity index (χ3n) is 5.33. The molecule has 0 atom stereocenters. The lowest BCUT2D eigenvalue weighted by molar-refractivity contribution is -0.133. The Balaban J connectivity index is 1.68. The van der Waals surface area contributed by atoms with Crippen molar-refractivity contribution in [1.29, 1.82) is 0 Å². The Bertz CT molecular complexity index is 688. The SMILES string of the molecule is CC1(C)C(=O)NCCN1C(=O)c1cnc(NCC2CCCCC2)c(Br)n1. The summed E-state index contributed by atoms with van der Waals surface area (Å²) in [6.07, 6.45) is 7.92.